The molecule has 2 unspecified atom stereocenters. The van der Waals surface area contributed by atoms with E-state index >= 15 is 0 Å². The van der Waals surface area contributed by atoms with Crippen LogP contribution in [0.5, 0.6) is 0 Å². The van der Waals surface area contributed by atoms with Gasteiger partial charge in [-0.2, -0.15) is 11.8 Å². The molecule has 0 N–H and O–H groups in total. The van der Waals surface area contributed by atoms with Gasteiger partial charge < -0.3 is 4.74 Å². The highest BCUT2D eigenvalue weighted by Crippen LogP contribution is 2.31. The normalized spacial score (nSPS) is 28.5. The summed E-state index contributed by atoms with van der Waals surface area (Å²) in [7, 11) is 0. The minimum absolute atomic E-state index is 0.0150. The summed E-state index contributed by atoms with van der Waals surface area (Å²) in [4.78, 5) is 11.4. The number of thioether (sulfide) groups is 1. The predicted molar refractivity (Wildman–Crippen MR) is 55.9 cm³/mol. The Hall–Kier alpha value is -0.180. The summed E-state index contributed by atoms with van der Waals surface area (Å²) in [6.45, 7) is 2.38. The molecule has 1 saturated carbocycles. The number of hydrogen-bond acceptors (Lipinski definition) is 3. The number of hydrogen-bond donors (Lipinski definition) is 0. The van der Waals surface area contributed by atoms with E-state index in [0.717, 1.165) is 12.8 Å². The van der Waals surface area contributed by atoms with Crippen LogP contribution in [0.3, 0.4) is 0 Å². The topological polar surface area (TPSA) is 26.3 Å². The predicted octanol–water partition coefficient (Wildman–Crippen LogP) is 2.47. The van der Waals surface area contributed by atoms with Crippen LogP contribution in [0.15, 0.2) is 0 Å². The molecule has 0 bridgehead atoms. The van der Waals surface area contributed by atoms with Crippen molar-refractivity contribution >= 4 is 17.7 Å². The SMILES string of the molecule is CCOC(=O)C1CCCC(SC)C1. The summed E-state index contributed by atoms with van der Waals surface area (Å²) in [5.74, 6) is 0.187. The largest absolute Gasteiger partial charge is 0.466 e. The summed E-state index contributed by atoms with van der Waals surface area (Å²) in [6, 6.07) is 0. The number of rotatable bonds is 3. The second kappa shape index (κ2) is 5.53. The fourth-order valence-corrected chi connectivity index (χ4v) is 2.66. The van der Waals surface area contributed by atoms with Gasteiger partial charge in [0.15, 0.2) is 0 Å². The van der Waals surface area contributed by atoms with Crippen LogP contribution in [0.2, 0.25) is 0 Å². The van der Waals surface area contributed by atoms with E-state index in [1.165, 1.54) is 12.8 Å². The molecule has 0 heterocycles. The molecule has 1 fully saturated rings. The molecule has 0 amide bonds. The fourth-order valence-electron chi connectivity index (χ4n) is 1.83. The molecule has 76 valence electrons. The first-order valence-corrected chi connectivity index (χ1v) is 6.26. The molecule has 1 aliphatic rings. The molecule has 2 nitrogen and oxygen atoms in total. The molecule has 2 atom stereocenters. The molecular weight excluding hydrogens is 184 g/mol. The maximum absolute atomic E-state index is 11.4. The Bertz CT molecular complexity index is 170. The van der Waals surface area contributed by atoms with E-state index in [9.17, 15) is 4.79 Å². The summed E-state index contributed by atoms with van der Waals surface area (Å²) in [6.07, 6.45) is 6.60. The van der Waals surface area contributed by atoms with Crippen molar-refractivity contribution in [2.24, 2.45) is 5.92 Å². The Morgan fingerprint density at radius 3 is 2.92 bits per heavy atom. The highest BCUT2D eigenvalue weighted by atomic mass is 32.2. The zero-order valence-electron chi connectivity index (χ0n) is 8.41. The van der Waals surface area contributed by atoms with Gasteiger partial charge in [-0.15, -0.1) is 0 Å². The lowest BCUT2D eigenvalue weighted by Gasteiger charge is -2.26. The van der Waals surface area contributed by atoms with Crippen LogP contribution in [0.4, 0.5) is 0 Å². The van der Waals surface area contributed by atoms with Crippen LogP contribution in [-0.4, -0.2) is 24.1 Å². The summed E-state index contributed by atoms with van der Waals surface area (Å²) < 4.78 is 5.03. The molecule has 0 aromatic carbocycles. The maximum Gasteiger partial charge on any atom is 0.308 e. The lowest BCUT2D eigenvalue weighted by Crippen LogP contribution is -2.25. The molecule has 1 rings (SSSR count). The van der Waals surface area contributed by atoms with Crippen LogP contribution in [0, 0.1) is 5.92 Å². The molecule has 0 aromatic heterocycles. The molecule has 0 radical (unpaired) electrons. The van der Waals surface area contributed by atoms with Crippen LogP contribution in [0.25, 0.3) is 0 Å². The van der Waals surface area contributed by atoms with Crippen LogP contribution < -0.4 is 0 Å². The summed E-state index contributed by atoms with van der Waals surface area (Å²) in [5.41, 5.74) is 0. The van der Waals surface area contributed by atoms with Crippen molar-refractivity contribution in [3.05, 3.63) is 0 Å². The van der Waals surface area contributed by atoms with Gasteiger partial charge in [-0.3, -0.25) is 4.79 Å². The smallest absolute Gasteiger partial charge is 0.308 e. The number of esters is 1. The molecule has 0 aromatic rings. The van der Waals surface area contributed by atoms with Crippen molar-refractivity contribution in [3.63, 3.8) is 0 Å². The number of ether oxygens (including phenoxy) is 1. The first kappa shape index (κ1) is 10.9. The monoisotopic (exact) mass is 202 g/mol. The molecule has 0 saturated heterocycles. The minimum atomic E-state index is 0.0150. The highest BCUT2D eigenvalue weighted by Gasteiger charge is 2.27. The third-order valence-electron chi connectivity index (χ3n) is 2.58. The van der Waals surface area contributed by atoms with Crippen molar-refractivity contribution < 1.29 is 9.53 Å². The first-order valence-electron chi connectivity index (χ1n) is 4.97. The minimum Gasteiger partial charge on any atom is -0.466 e. The summed E-state index contributed by atoms with van der Waals surface area (Å²) >= 11 is 1.88. The molecular formula is C10H18O2S. The Balaban J connectivity index is 2.37. The van der Waals surface area contributed by atoms with Crippen molar-refractivity contribution in [1.29, 1.82) is 0 Å². The second-order valence-electron chi connectivity index (χ2n) is 3.47. The maximum atomic E-state index is 11.4. The van der Waals surface area contributed by atoms with Gasteiger partial charge in [0.25, 0.3) is 0 Å². The Kier molecular flexibility index (Phi) is 4.64. The van der Waals surface area contributed by atoms with E-state index in [0.29, 0.717) is 11.9 Å². The van der Waals surface area contributed by atoms with E-state index in [1.807, 2.05) is 18.7 Å². The quantitative estimate of drug-likeness (QED) is 0.658. The standard InChI is InChI=1S/C10H18O2S/c1-3-12-10(11)8-5-4-6-9(7-8)13-2/h8-9H,3-7H2,1-2H3. The summed E-state index contributed by atoms with van der Waals surface area (Å²) in [5, 5.41) is 0.670. The van der Waals surface area contributed by atoms with Crippen LogP contribution in [0.1, 0.15) is 32.6 Å². The Labute approximate surface area is 84.4 Å². The second-order valence-corrected chi connectivity index (χ2v) is 4.61. The Morgan fingerprint density at radius 2 is 2.31 bits per heavy atom. The average Bonchev–Trinajstić information content (AvgIpc) is 2.18. The van der Waals surface area contributed by atoms with E-state index in [2.05, 4.69) is 6.26 Å². The number of carbonyl (C=O) groups is 1. The third-order valence-corrected chi connectivity index (χ3v) is 3.67. The zero-order valence-corrected chi connectivity index (χ0v) is 9.23. The molecule has 0 spiro atoms. The van der Waals surface area contributed by atoms with E-state index in [1.54, 1.807) is 0 Å². The average molecular weight is 202 g/mol. The number of carbonyl (C=O) groups excluding carboxylic acids is 1. The van der Waals surface area contributed by atoms with Gasteiger partial charge in [-0.05, 0) is 32.4 Å². The molecule has 13 heavy (non-hydrogen) atoms. The molecule has 1 aliphatic carbocycles. The van der Waals surface area contributed by atoms with E-state index in [4.69, 9.17) is 4.74 Å². The van der Waals surface area contributed by atoms with Crippen molar-refractivity contribution in [3.8, 4) is 0 Å². The van der Waals surface area contributed by atoms with Gasteiger partial charge in [0.05, 0.1) is 12.5 Å². The highest BCUT2D eigenvalue weighted by molar-refractivity contribution is 7.99. The van der Waals surface area contributed by atoms with Gasteiger partial charge in [0, 0.05) is 5.25 Å². The van der Waals surface area contributed by atoms with E-state index < -0.39 is 0 Å². The van der Waals surface area contributed by atoms with Crippen molar-refractivity contribution in [2.75, 3.05) is 12.9 Å². The van der Waals surface area contributed by atoms with Gasteiger partial charge in [0.2, 0.25) is 0 Å². The fraction of sp³-hybridized carbons (Fsp3) is 0.900. The van der Waals surface area contributed by atoms with E-state index in [-0.39, 0.29) is 11.9 Å². The van der Waals surface area contributed by atoms with Gasteiger partial charge >= 0.3 is 5.97 Å². The van der Waals surface area contributed by atoms with Crippen LogP contribution >= 0.6 is 11.8 Å². The van der Waals surface area contributed by atoms with Crippen molar-refractivity contribution in [2.45, 2.75) is 37.9 Å². The molecule has 0 aliphatic heterocycles. The van der Waals surface area contributed by atoms with Gasteiger partial charge in [-0.1, -0.05) is 6.42 Å². The van der Waals surface area contributed by atoms with Gasteiger partial charge in [-0.25, -0.2) is 0 Å². The lowest BCUT2D eigenvalue weighted by molar-refractivity contribution is -0.149. The first-order chi connectivity index (χ1) is 6.27. The molecule has 3 heteroatoms. The van der Waals surface area contributed by atoms with Crippen molar-refractivity contribution in [1.82, 2.24) is 0 Å². The van der Waals surface area contributed by atoms with Gasteiger partial charge in [0.1, 0.15) is 0 Å². The lowest BCUT2D eigenvalue weighted by atomic mass is 9.89. The zero-order chi connectivity index (χ0) is 9.68. The van der Waals surface area contributed by atoms with Crippen LogP contribution in [-0.2, 0) is 9.53 Å². The third kappa shape index (κ3) is 3.22. The Morgan fingerprint density at radius 1 is 1.54 bits per heavy atom.